The Morgan fingerprint density at radius 3 is 2.66 bits per heavy atom. The lowest BCUT2D eigenvalue weighted by Crippen LogP contribution is -2.45. The molecule has 0 spiro atoms. The Morgan fingerprint density at radius 1 is 1.12 bits per heavy atom. The van der Waals surface area contributed by atoms with Gasteiger partial charge in [0, 0.05) is 32.4 Å². The number of benzene rings is 1. The molecule has 32 heavy (non-hydrogen) atoms. The van der Waals surface area contributed by atoms with Gasteiger partial charge in [-0.05, 0) is 43.8 Å². The average Bonchev–Trinajstić information content (AvgIpc) is 3.23. The van der Waals surface area contributed by atoms with Crippen LogP contribution in [0.3, 0.4) is 0 Å². The van der Waals surface area contributed by atoms with Crippen LogP contribution in [0.2, 0.25) is 0 Å². The van der Waals surface area contributed by atoms with Gasteiger partial charge in [-0.2, -0.15) is 5.26 Å². The number of hydrogen-bond donors (Lipinski definition) is 1. The van der Waals surface area contributed by atoms with Crippen molar-refractivity contribution in [1.29, 1.82) is 5.26 Å². The van der Waals surface area contributed by atoms with Crippen molar-refractivity contribution < 1.29 is 0 Å². The first-order chi connectivity index (χ1) is 15.5. The quantitative estimate of drug-likeness (QED) is 0.507. The zero-order chi connectivity index (χ0) is 22.2. The zero-order valence-electron chi connectivity index (χ0n) is 18.0. The summed E-state index contributed by atoms with van der Waals surface area (Å²) >= 11 is 0. The lowest BCUT2D eigenvalue weighted by atomic mass is 10.1. The number of imidazole rings is 1. The van der Waals surface area contributed by atoms with Gasteiger partial charge in [0.1, 0.15) is 23.4 Å². The van der Waals surface area contributed by atoms with Crippen LogP contribution >= 0.6 is 0 Å². The molecule has 5 rings (SSSR count). The molecule has 1 aliphatic rings. The summed E-state index contributed by atoms with van der Waals surface area (Å²) in [5, 5.41) is 9.92. The van der Waals surface area contributed by atoms with Crippen molar-refractivity contribution in [3.63, 3.8) is 0 Å². The first-order valence-electron chi connectivity index (χ1n) is 10.6. The molecular formula is C24H23N7O. The molecule has 0 amide bonds. The van der Waals surface area contributed by atoms with Crippen molar-refractivity contribution in [2.45, 2.75) is 6.92 Å². The largest absolute Gasteiger partial charge is 0.353 e. The molecular weight excluding hydrogens is 402 g/mol. The van der Waals surface area contributed by atoms with Gasteiger partial charge in [0.05, 0.1) is 22.2 Å². The second-order valence-corrected chi connectivity index (χ2v) is 8.10. The van der Waals surface area contributed by atoms with Crippen LogP contribution in [0.15, 0.2) is 47.4 Å². The second-order valence-electron chi connectivity index (χ2n) is 8.10. The van der Waals surface area contributed by atoms with Crippen LogP contribution in [0.5, 0.6) is 0 Å². The number of aryl methyl sites for hydroxylation is 1. The molecule has 0 saturated carbocycles. The molecule has 1 aliphatic heterocycles. The average molecular weight is 425 g/mol. The van der Waals surface area contributed by atoms with E-state index in [1.807, 2.05) is 43.3 Å². The lowest BCUT2D eigenvalue weighted by Gasteiger charge is -2.34. The number of fused-ring (bicyclic) bond motifs is 2. The van der Waals surface area contributed by atoms with Crippen LogP contribution in [0.1, 0.15) is 17.0 Å². The maximum Gasteiger partial charge on any atom is 0.267 e. The summed E-state index contributed by atoms with van der Waals surface area (Å²) in [6.07, 6.45) is 3.34. The van der Waals surface area contributed by atoms with E-state index in [9.17, 15) is 10.1 Å². The van der Waals surface area contributed by atoms with E-state index in [2.05, 4.69) is 32.9 Å². The van der Waals surface area contributed by atoms with Gasteiger partial charge in [0.25, 0.3) is 5.56 Å². The third-order valence-electron chi connectivity index (χ3n) is 5.92. The highest BCUT2D eigenvalue weighted by atomic mass is 16.1. The Morgan fingerprint density at radius 2 is 1.91 bits per heavy atom. The van der Waals surface area contributed by atoms with E-state index >= 15 is 0 Å². The molecule has 0 atom stereocenters. The van der Waals surface area contributed by atoms with Gasteiger partial charge in [-0.15, -0.1) is 0 Å². The number of piperazine rings is 1. The van der Waals surface area contributed by atoms with Crippen LogP contribution in [-0.4, -0.2) is 57.5 Å². The van der Waals surface area contributed by atoms with Crippen molar-refractivity contribution in [2.24, 2.45) is 0 Å². The molecule has 0 bridgehead atoms. The number of H-pyrrole nitrogens is 1. The Labute approximate surface area is 185 Å². The molecule has 0 unspecified atom stereocenters. The third-order valence-corrected chi connectivity index (χ3v) is 5.92. The predicted molar refractivity (Wildman–Crippen MR) is 125 cm³/mol. The van der Waals surface area contributed by atoms with E-state index in [4.69, 9.17) is 4.98 Å². The summed E-state index contributed by atoms with van der Waals surface area (Å²) in [6, 6.07) is 13.6. The lowest BCUT2D eigenvalue weighted by molar-refractivity contribution is 0.312. The van der Waals surface area contributed by atoms with Crippen molar-refractivity contribution in [1.82, 2.24) is 24.3 Å². The van der Waals surface area contributed by atoms with E-state index in [1.165, 1.54) is 0 Å². The number of nitrogens with one attached hydrogen (secondary N) is 1. The number of pyridine rings is 1. The number of aromatic nitrogens is 4. The fourth-order valence-corrected chi connectivity index (χ4v) is 4.06. The summed E-state index contributed by atoms with van der Waals surface area (Å²) in [5.41, 5.74) is 3.66. The minimum Gasteiger partial charge on any atom is -0.353 e. The fraction of sp³-hybridized carbons (Fsp3) is 0.250. The zero-order valence-corrected chi connectivity index (χ0v) is 18.0. The highest BCUT2D eigenvalue weighted by molar-refractivity contribution is 5.92. The minimum absolute atomic E-state index is 0.198. The normalized spacial score (nSPS) is 15.4. The van der Waals surface area contributed by atoms with Gasteiger partial charge in [-0.3, -0.25) is 9.20 Å². The molecule has 160 valence electrons. The maximum atomic E-state index is 13.6. The molecule has 8 nitrogen and oxygen atoms in total. The van der Waals surface area contributed by atoms with E-state index in [0.29, 0.717) is 28.4 Å². The molecule has 0 aliphatic carbocycles. The van der Waals surface area contributed by atoms with Gasteiger partial charge in [-0.1, -0.05) is 18.2 Å². The van der Waals surface area contributed by atoms with Crippen LogP contribution in [0.25, 0.3) is 28.3 Å². The molecule has 1 fully saturated rings. The Hall–Kier alpha value is -3.96. The summed E-state index contributed by atoms with van der Waals surface area (Å²) in [6.45, 7) is 5.23. The monoisotopic (exact) mass is 425 g/mol. The highest BCUT2D eigenvalue weighted by Crippen LogP contribution is 2.24. The van der Waals surface area contributed by atoms with Gasteiger partial charge in [0.15, 0.2) is 0 Å². The van der Waals surface area contributed by atoms with Crippen LogP contribution in [0, 0.1) is 18.3 Å². The van der Waals surface area contributed by atoms with Gasteiger partial charge < -0.3 is 14.8 Å². The van der Waals surface area contributed by atoms with Crippen LogP contribution < -0.4 is 10.5 Å². The highest BCUT2D eigenvalue weighted by Gasteiger charge is 2.22. The topological polar surface area (TPSA) is 93.3 Å². The number of aromatic amines is 1. The Kier molecular flexibility index (Phi) is 4.96. The molecule has 1 N–H and O–H groups in total. The van der Waals surface area contributed by atoms with E-state index in [1.54, 1.807) is 16.7 Å². The van der Waals surface area contributed by atoms with Crippen LogP contribution in [0.4, 0.5) is 5.82 Å². The van der Waals surface area contributed by atoms with E-state index < -0.39 is 0 Å². The van der Waals surface area contributed by atoms with Gasteiger partial charge in [-0.25, -0.2) is 9.97 Å². The number of hydrogen-bond acceptors (Lipinski definition) is 6. The fourth-order valence-electron chi connectivity index (χ4n) is 4.06. The molecule has 1 saturated heterocycles. The van der Waals surface area contributed by atoms with Crippen molar-refractivity contribution >= 4 is 34.1 Å². The van der Waals surface area contributed by atoms with Crippen LogP contribution in [-0.2, 0) is 0 Å². The van der Waals surface area contributed by atoms with Gasteiger partial charge in [0.2, 0.25) is 0 Å². The molecule has 4 heterocycles. The molecule has 0 radical (unpaired) electrons. The number of likely N-dealkylation sites (N-methyl/N-ethyl adjacent to an activating group) is 1. The third kappa shape index (κ3) is 3.43. The van der Waals surface area contributed by atoms with Crippen molar-refractivity contribution in [3.8, 4) is 6.07 Å². The number of rotatable bonds is 3. The summed E-state index contributed by atoms with van der Waals surface area (Å²) in [7, 11) is 2.08. The number of nitrogens with zero attached hydrogens (tertiary/aromatic N) is 6. The molecule has 1 aromatic carbocycles. The first kappa shape index (κ1) is 20.0. The maximum absolute atomic E-state index is 13.6. The van der Waals surface area contributed by atoms with E-state index in [-0.39, 0.29) is 5.56 Å². The summed E-state index contributed by atoms with van der Waals surface area (Å²) < 4.78 is 1.55. The number of allylic oxidation sites excluding steroid dienone is 1. The standard InChI is InChI=1S/C24H23N7O/c1-16-6-5-9-31-22(16)28-23(30-12-10-29(2)11-13-30)18(24(31)32)14-17(15-25)21-26-19-7-3-4-8-20(19)27-21/h3-9,14H,10-13H2,1-2H3,(H,26,27). The summed E-state index contributed by atoms with van der Waals surface area (Å²) in [4.78, 5) is 30.6. The SMILES string of the molecule is Cc1cccn2c(=O)c(C=C(C#N)c3nc4ccccc4[nH]3)c(N3CCN(C)CC3)nc12. The number of anilines is 1. The number of para-hydroxylation sites is 2. The smallest absolute Gasteiger partial charge is 0.267 e. The minimum atomic E-state index is -0.198. The Balaban J connectivity index is 1.72. The van der Waals surface area contributed by atoms with Crippen molar-refractivity contribution in [3.05, 3.63) is 69.9 Å². The molecule has 8 heteroatoms. The predicted octanol–water partition coefficient (Wildman–Crippen LogP) is 2.70. The summed E-state index contributed by atoms with van der Waals surface area (Å²) in [5.74, 6) is 1.05. The van der Waals surface area contributed by atoms with Gasteiger partial charge >= 0.3 is 0 Å². The van der Waals surface area contributed by atoms with Crippen molar-refractivity contribution in [2.75, 3.05) is 38.1 Å². The van der Waals surface area contributed by atoms with E-state index in [0.717, 1.165) is 42.8 Å². The Bertz CT molecular complexity index is 1420. The molecule has 3 aromatic heterocycles. The first-order valence-corrected chi connectivity index (χ1v) is 10.6. The number of nitriles is 1. The molecule has 4 aromatic rings. The second kappa shape index (κ2) is 7.94.